The number of halogens is 2. The first-order valence-electron chi connectivity index (χ1n) is 5.23. The predicted octanol–water partition coefficient (Wildman–Crippen LogP) is 2.13. The average Bonchev–Trinajstić information content (AvgIpc) is 2.28. The van der Waals surface area contributed by atoms with Gasteiger partial charge in [-0.3, -0.25) is 0 Å². The topological polar surface area (TPSA) is 21.3 Å². The fourth-order valence-electron chi connectivity index (χ4n) is 1.61. The van der Waals surface area contributed by atoms with Crippen LogP contribution in [0.1, 0.15) is 12.5 Å². The molecule has 2 nitrogen and oxygen atoms in total. The summed E-state index contributed by atoms with van der Waals surface area (Å²) in [6.45, 7) is 1.86. The van der Waals surface area contributed by atoms with Gasteiger partial charge in [-0.25, -0.2) is 8.78 Å². The summed E-state index contributed by atoms with van der Waals surface area (Å²) in [5.41, 5.74) is 0.103. The Morgan fingerprint density at radius 1 is 1.31 bits per heavy atom. The highest BCUT2D eigenvalue weighted by atomic mass is 19.1. The largest absolute Gasteiger partial charge is 0.380 e. The predicted molar refractivity (Wildman–Crippen MR) is 59.4 cm³/mol. The van der Waals surface area contributed by atoms with Crippen molar-refractivity contribution in [2.75, 3.05) is 14.2 Å². The lowest BCUT2D eigenvalue weighted by molar-refractivity contribution is 0.0851. The molecular weight excluding hydrogens is 212 g/mol. The highest BCUT2D eigenvalue weighted by Gasteiger charge is 2.19. The fourth-order valence-corrected chi connectivity index (χ4v) is 1.61. The molecule has 2 atom stereocenters. The van der Waals surface area contributed by atoms with E-state index in [0.29, 0.717) is 0 Å². The van der Waals surface area contributed by atoms with Crippen molar-refractivity contribution < 1.29 is 13.5 Å². The zero-order chi connectivity index (χ0) is 12.1. The maximum absolute atomic E-state index is 13.4. The van der Waals surface area contributed by atoms with Crippen molar-refractivity contribution in [1.82, 2.24) is 5.32 Å². The second kappa shape index (κ2) is 5.92. The van der Waals surface area contributed by atoms with E-state index in [9.17, 15) is 8.78 Å². The fraction of sp³-hybridized carbons (Fsp3) is 0.500. The number of likely N-dealkylation sites (N-methyl/N-ethyl adjacent to an activating group) is 1. The average molecular weight is 229 g/mol. The first-order chi connectivity index (χ1) is 7.60. The quantitative estimate of drug-likeness (QED) is 0.835. The Labute approximate surface area is 94.6 Å². The Morgan fingerprint density at radius 2 is 1.88 bits per heavy atom. The summed E-state index contributed by atoms with van der Waals surface area (Å²) < 4.78 is 32.0. The van der Waals surface area contributed by atoms with E-state index in [-0.39, 0.29) is 24.1 Å². The Morgan fingerprint density at radius 3 is 2.31 bits per heavy atom. The highest BCUT2D eigenvalue weighted by Crippen LogP contribution is 2.15. The van der Waals surface area contributed by atoms with Crippen molar-refractivity contribution in [3.8, 4) is 0 Å². The van der Waals surface area contributed by atoms with Gasteiger partial charge in [0.05, 0.1) is 6.10 Å². The third-order valence-electron chi connectivity index (χ3n) is 2.79. The molecule has 4 heteroatoms. The minimum atomic E-state index is -0.511. The maximum atomic E-state index is 13.4. The van der Waals surface area contributed by atoms with Crippen LogP contribution in [0.3, 0.4) is 0 Å². The molecule has 16 heavy (non-hydrogen) atoms. The van der Waals surface area contributed by atoms with Crippen LogP contribution >= 0.6 is 0 Å². The van der Waals surface area contributed by atoms with Crippen LogP contribution in [0.25, 0.3) is 0 Å². The lowest BCUT2D eigenvalue weighted by atomic mass is 10.0. The van der Waals surface area contributed by atoms with Crippen molar-refractivity contribution >= 4 is 0 Å². The molecule has 0 aromatic heterocycles. The van der Waals surface area contributed by atoms with Gasteiger partial charge in [-0.05, 0) is 32.5 Å². The van der Waals surface area contributed by atoms with E-state index in [1.54, 1.807) is 14.2 Å². The molecule has 90 valence electrons. The first kappa shape index (κ1) is 13.1. The van der Waals surface area contributed by atoms with Crippen molar-refractivity contribution in [3.05, 3.63) is 35.4 Å². The molecule has 2 unspecified atom stereocenters. The Balaban J connectivity index is 2.85. The first-order valence-corrected chi connectivity index (χ1v) is 5.23. The number of methoxy groups -OCH3 is 1. The normalized spacial score (nSPS) is 14.8. The molecule has 0 radical (unpaired) electrons. The number of nitrogens with one attached hydrogen (secondary N) is 1. The molecule has 0 amide bonds. The minimum absolute atomic E-state index is 0.103. The van der Waals surface area contributed by atoms with Crippen LogP contribution in [0.15, 0.2) is 18.2 Å². The van der Waals surface area contributed by atoms with E-state index in [1.807, 2.05) is 6.92 Å². The van der Waals surface area contributed by atoms with E-state index in [2.05, 4.69) is 5.32 Å². The van der Waals surface area contributed by atoms with Gasteiger partial charge in [0, 0.05) is 18.7 Å². The number of benzene rings is 1. The van der Waals surface area contributed by atoms with Gasteiger partial charge >= 0.3 is 0 Å². The lowest BCUT2D eigenvalue weighted by Crippen LogP contribution is -2.39. The molecular formula is C12H17F2NO. The minimum Gasteiger partial charge on any atom is -0.380 e. The molecule has 1 aromatic rings. The van der Waals surface area contributed by atoms with Gasteiger partial charge in [0.2, 0.25) is 0 Å². The Hall–Kier alpha value is -1.00. The number of hydrogen-bond donors (Lipinski definition) is 1. The molecule has 0 aliphatic carbocycles. The number of rotatable bonds is 5. The summed E-state index contributed by atoms with van der Waals surface area (Å²) in [5.74, 6) is -1.02. The van der Waals surface area contributed by atoms with Crippen LogP contribution in [0.5, 0.6) is 0 Å². The van der Waals surface area contributed by atoms with E-state index in [1.165, 1.54) is 18.2 Å². The highest BCUT2D eigenvalue weighted by molar-refractivity contribution is 5.21. The Bertz CT molecular complexity index is 324. The van der Waals surface area contributed by atoms with Crippen molar-refractivity contribution in [2.45, 2.75) is 25.5 Å². The van der Waals surface area contributed by atoms with Crippen LogP contribution in [-0.4, -0.2) is 26.3 Å². The maximum Gasteiger partial charge on any atom is 0.129 e. The molecule has 0 heterocycles. The van der Waals surface area contributed by atoms with Crippen LogP contribution in [-0.2, 0) is 11.2 Å². The molecule has 0 fully saturated rings. The van der Waals surface area contributed by atoms with Gasteiger partial charge in [-0.1, -0.05) is 6.07 Å². The van der Waals surface area contributed by atoms with Gasteiger partial charge in [0.15, 0.2) is 0 Å². The zero-order valence-electron chi connectivity index (χ0n) is 9.76. The molecule has 0 aliphatic rings. The molecule has 0 spiro atoms. The van der Waals surface area contributed by atoms with Gasteiger partial charge in [0.25, 0.3) is 0 Å². The summed E-state index contributed by atoms with van der Waals surface area (Å²) in [6, 6.07) is 3.78. The van der Waals surface area contributed by atoms with E-state index in [0.717, 1.165) is 0 Å². The standard InChI is InChI=1S/C12H17F2NO/c1-8(16-3)12(15-2)7-9-10(13)5-4-6-11(9)14/h4-6,8,12,15H,7H2,1-3H3. The monoisotopic (exact) mass is 229 g/mol. The van der Waals surface area contributed by atoms with Crippen LogP contribution in [0.4, 0.5) is 8.78 Å². The molecule has 0 aliphatic heterocycles. The number of hydrogen-bond acceptors (Lipinski definition) is 2. The van der Waals surface area contributed by atoms with E-state index >= 15 is 0 Å². The van der Waals surface area contributed by atoms with Crippen LogP contribution in [0.2, 0.25) is 0 Å². The summed E-state index contributed by atoms with van der Waals surface area (Å²) in [7, 11) is 3.33. The summed E-state index contributed by atoms with van der Waals surface area (Å²) >= 11 is 0. The van der Waals surface area contributed by atoms with Crippen LogP contribution in [0, 0.1) is 11.6 Å². The van der Waals surface area contributed by atoms with Gasteiger partial charge in [0.1, 0.15) is 11.6 Å². The van der Waals surface area contributed by atoms with Crippen LogP contribution < -0.4 is 5.32 Å². The second-order valence-electron chi connectivity index (χ2n) is 3.74. The van der Waals surface area contributed by atoms with Crippen molar-refractivity contribution in [2.24, 2.45) is 0 Å². The summed E-state index contributed by atoms with van der Waals surface area (Å²) in [6.07, 6.45) is 0.160. The third kappa shape index (κ3) is 3.00. The number of ether oxygens (including phenoxy) is 1. The molecule has 1 N–H and O–H groups in total. The van der Waals surface area contributed by atoms with E-state index < -0.39 is 11.6 Å². The molecule has 1 rings (SSSR count). The van der Waals surface area contributed by atoms with Crippen molar-refractivity contribution in [3.63, 3.8) is 0 Å². The van der Waals surface area contributed by atoms with E-state index in [4.69, 9.17) is 4.74 Å². The zero-order valence-corrected chi connectivity index (χ0v) is 9.76. The second-order valence-corrected chi connectivity index (χ2v) is 3.74. The van der Waals surface area contributed by atoms with Gasteiger partial charge in [-0.2, -0.15) is 0 Å². The SMILES string of the molecule is CNC(Cc1c(F)cccc1F)C(C)OC. The van der Waals surface area contributed by atoms with Gasteiger partial charge < -0.3 is 10.1 Å². The lowest BCUT2D eigenvalue weighted by Gasteiger charge is -2.22. The van der Waals surface area contributed by atoms with Gasteiger partial charge in [-0.15, -0.1) is 0 Å². The smallest absolute Gasteiger partial charge is 0.129 e. The molecule has 0 saturated heterocycles. The molecule has 0 bridgehead atoms. The summed E-state index contributed by atoms with van der Waals surface area (Å²) in [5, 5.41) is 3.00. The third-order valence-corrected chi connectivity index (χ3v) is 2.79. The molecule has 0 saturated carbocycles. The van der Waals surface area contributed by atoms with Crippen molar-refractivity contribution in [1.29, 1.82) is 0 Å². The molecule has 1 aromatic carbocycles. The summed E-state index contributed by atoms with van der Waals surface area (Å²) in [4.78, 5) is 0. The Kier molecular flexibility index (Phi) is 4.83.